The molecule has 1 aromatic rings. The largest absolute Gasteiger partial charge is 0.480 e. The second-order valence-corrected chi connectivity index (χ2v) is 4.65. The van der Waals surface area contributed by atoms with Gasteiger partial charge in [0.05, 0.1) is 5.56 Å². The molecule has 6 nitrogen and oxygen atoms in total. The molecule has 0 saturated heterocycles. The lowest BCUT2D eigenvalue weighted by Crippen LogP contribution is -2.33. The molecule has 0 spiro atoms. The lowest BCUT2D eigenvalue weighted by atomic mass is 10.2. The first-order chi connectivity index (χ1) is 9.40. The summed E-state index contributed by atoms with van der Waals surface area (Å²) in [6.45, 7) is -0.449. The molecular formula is C12H12BrFN2O4. The monoisotopic (exact) mass is 346 g/mol. The average Bonchev–Trinajstić information content (AvgIpc) is 2.39. The molecule has 0 atom stereocenters. The fraction of sp³-hybridized carbons (Fsp3) is 0.250. The number of benzene rings is 1. The van der Waals surface area contributed by atoms with Crippen LogP contribution < -0.4 is 10.6 Å². The Hall–Kier alpha value is -1.96. The van der Waals surface area contributed by atoms with E-state index in [9.17, 15) is 18.8 Å². The Morgan fingerprint density at radius 1 is 1.25 bits per heavy atom. The third-order valence-corrected chi connectivity index (χ3v) is 2.94. The van der Waals surface area contributed by atoms with Gasteiger partial charge in [0.15, 0.2) is 0 Å². The fourth-order valence-electron chi connectivity index (χ4n) is 1.32. The number of hydrogen-bond acceptors (Lipinski definition) is 3. The molecule has 2 amide bonds. The lowest BCUT2D eigenvalue weighted by Gasteiger charge is -2.07. The van der Waals surface area contributed by atoms with Gasteiger partial charge in [-0.3, -0.25) is 14.4 Å². The molecule has 0 heterocycles. The molecule has 0 aliphatic rings. The molecule has 1 aromatic carbocycles. The van der Waals surface area contributed by atoms with E-state index in [2.05, 4.69) is 26.6 Å². The van der Waals surface area contributed by atoms with Crippen LogP contribution in [0.5, 0.6) is 0 Å². The highest BCUT2D eigenvalue weighted by Crippen LogP contribution is 2.17. The highest BCUT2D eigenvalue weighted by Gasteiger charge is 2.11. The molecule has 1 rings (SSSR count). The zero-order valence-corrected chi connectivity index (χ0v) is 11.9. The lowest BCUT2D eigenvalue weighted by molar-refractivity contribution is -0.137. The van der Waals surface area contributed by atoms with Crippen molar-refractivity contribution in [1.29, 1.82) is 0 Å². The molecule has 0 aliphatic carbocycles. The molecule has 20 heavy (non-hydrogen) atoms. The number of rotatable bonds is 6. The van der Waals surface area contributed by atoms with Crippen LogP contribution in [0.4, 0.5) is 4.39 Å². The van der Waals surface area contributed by atoms with Crippen molar-refractivity contribution in [3.63, 3.8) is 0 Å². The van der Waals surface area contributed by atoms with Crippen LogP contribution in [0.15, 0.2) is 22.7 Å². The number of carboxylic acid groups (broad SMARTS) is 1. The van der Waals surface area contributed by atoms with Crippen LogP contribution in [0.25, 0.3) is 0 Å². The molecule has 108 valence electrons. The number of hydrogen-bond donors (Lipinski definition) is 3. The summed E-state index contributed by atoms with van der Waals surface area (Å²) < 4.78 is 13.5. The van der Waals surface area contributed by atoms with Gasteiger partial charge in [0, 0.05) is 17.4 Å². The van der Waals surface area contributed by atoms with E-state index in [0.717, 1.165) is 6.07 Å². The molecular weight excluding hydrogens is 335 g/mol. The molecule has 8 heteroatoms. The van der Waals surface area contributed by atoms with Gasteiger partial charge in [-0.1, -0.05) is 0 Å². The Labute approximate surface area is 122 Å². The van der Waals surface area contributed by atoms with Gasteiger partial charge in [0.25, 0.3) is 5.91 Å². The van der Waals surface area contributed by atoms with Crippen LogP contribution in [0, 0.1) is 5.82 Å². The van der Waals surface area contributed by atoms with E-state index in [0.29, 0.717) is 4.47 Å². The molecule has 0 bridgehead atoms. The Morgan fingerprint density at radius 3 is 2.60 bits per heavy atom. The summed E-state index contributed by atoms with van der Waals surface area (Å²) in [5.41, 5.74) is 0.121. The van der Waals surface area contributed by atoms with Crippen molar-refractivity contribution in [3.8, 4) is 0 Å². The van der Waals surface area contributed by atoms with Crippen LogP contribution in [-0.4, -0.2) is 36.0 Å². The summed E-state index contributed by atoms with van der Waals surface area (Å²) in [6, 6.07) is 3.69. The first-order valence-corrected chi connectivity index (χ1v) is 6.41. The summed E-state index contributed by atoms with van der Waals surface area (Å²) in [4.78, 5) is 33.1. The molecule has 0 unspecified atom stereocenters. The molecule has 0 fully saturated rings. The van der Waals surface area contributed by atoms with Crippen LogP contribution in [0.1, 0.15) is 16.8 Å². The van der Waals surface area contributed by atoms with Gasteiger partial charge in [0.1, 0.15) is 12.4 Å². The summed E-state index contributed by atoms with van der Waals surface area (Å²) in [5.74, 6) is -2.71. The van der Waals surface area contributed by atoms with Crippen molar-refractivity contribution in [2.24, 2.45) is 0 Å². The van der Waals surface area contributed by atoms with E-state index < -0.39 is 30.1 Å². The van der Waals surface area contributed by atoms with Crippen LogP contribution in [-0.2, 0) is 9.59 Å². The van der Waals surface area contributed by atoms with Crippen molar-refractivity contribution in [2.75, 3.05) is 13.1 Å². The maximum atomic E-state index is 13.0. The van der Waals surface area contributed by atoms with Crippen LogP contribution >= 0.6 is 15.9 Å². The van der Waals surface area contributed by atoms with Crippen molar-refractivity contribution in [1.82, 2.24) is 10.6 Å². The van der Waals surface area contributed by atoms with Crippen LogP contribution in [0.3, 0.4) is 0 Å². The Bertz CT molecular complexity index is 536. The number of carbonyl (C=O) groups excluding carboxylic acids is 2. The Kier molecular flexibility index (Phi) is 6.10. The molecule has 3 N–H and O–H groups in total. The van der Waals surface area contributed by atoms with Gasteiger partial charge < -0.3 is 15.7 Å². The quantitative estimate of drug-likeness (QED) is 0.713. The number of aliphatic carboxylic acids is 1. The van der Waals surface area contributed by atoms with E-state index in [1.54, 1.807) is 0 Å². The third kappa shape index (κ3) is 5.35. The third-order valence-electron chi connectivity index (χ3n) is 2.25. The predicted molar refractivity (Wildman–Crippen MR) is 71.7 cm³/mol. The molecule has 0 aromatic heterocycles. The van der Waals surface area contributed by atoms with Crippen molar-refractivity contribution in [3.05, 3.63) is 34.1 Å². The molecule has 0 saturated carbocycles. The molecule has 0 radical (unpaired) electrons. The van der Waals surface area contributed by atoms with E-state index >= 15 is 0 Å². The predicted octanol–water partition coefficient (Wildman–Crippen LogP) is 0.909. The van der Waals surface area contributed by atoms with Crippen LogP contribution in [0.2, 0.25) is 0 Å². The zero-order valence-electron chi connectivity index (χ0n) is 10.3. The highest BCUT2D eigenvalue weighted by molar-refractivity contribution is 9.10. The van der Waals surface area contributed by atoms with Gasteiger partial charge in [-0.25, -0.2) is 4.39 Å². The number of carboxylic acids is 1. The smallest absolute Gasteiger partial charge is 0.322 e. The van der Waals surface area contributed by atoms with Crippen molar-refractivity contribution in [2.45, 2.75) is 6.42 Å². The standard InChI is InChI=1S/C12H12BrFN2O4/c13-9-2-1-7(14)5-8(9)12(20)15-4-3-10(17)16-6-11(18)19/h1-2,5H,3-4,6H2,(H,15,20)(H,16,17)(H,18,19). The minimum absolute atomic E-state index is 0.0211. The average molecular weight is 347 g/mol. The first-order valence-electron chi connectivity index (χ1n) is 5.62. The minimum Gasteiger partial charge on any atom is -0.480 e. The van der Waals surface area contributed by atoms with Gasteiger partial charge in [-0.05, 0) is 34.1 Å². The first kappa shape index (κ1) is 16.1. The minimum atomic E-state index is -1.15. The van der Waals surface area contributed by atoms with E-state index in [1.165, 1.54) is 12.1 Å². The maximum Gasteiger partial charge on any atom is 0.322 e. The second kappa shape index (κ2) is 7.59. The number of carbonyl (C=O) groups is 3. The van der Waals surface area contributed by atoms with Crippen molar-refractivity contribution >= 4 is 33.7 Å². The Morgan fingerprint density at radius 2 is 1.95 bits per heavy atom. The normalized spacial score (nSPS) is 9.90. The number of nitrogens with one attached hydrogen (secondary N) is 2. The van der Waals surface area contributed by atoms with Gasteiger partial charge in [0.2, 0.25) is 5.91 Å². The summed E-state index contributed by atoms with van der Waals surface area (Å²) in [5, 5.41) is 13.0. The second-order valence-electron chi connectivity index (χ2n) is 3.80. The van der Waals surface area contributed by atoms with Crippen molar-refractivity contribution < 1.29 is 23.9 Å². The summed E-state index contributed by atoms with van der Waals surface area (Å²) in [6.07, 6.45) is -0.0635. The van der Waals surface area contributed by atoms with E-state index in [4.69, 9.17) is 5.11 Å². The zero-order chi connectivity index (χ0) is 15.1. The fourth-order valence-corrected chi connectivity index (χ4v) is 1.75. The van der Waals surface area contributed by atoms with E-state index in [-0.39, 0.29) is 18.5 Å². The number of halogens is 2. The number of amides is 2. The maximum absolute atomic E-state index is 13.0. The summed E-state index contributed by atoms with van der Waals surface area (Å²) in [7, 11) is 0. The van der Waals surface area contributed by atoms with Gasteiger partial charge >= 0.3 is 5.97 Å². The van der Waals surface area contributed by atoms with Gasteiger partial charge in [-0.15, -0.1) is 0 Å². The van der Waals surface area contributed by atoms with Gasteiger partial charge in [-0.2, -0.15) is 0 Å². The Balaban J connectivity index is 2.42. The van der Waals surface area contributed by atoms with E-state index in [1.807, 2.05) is 0 Å². The summed E-state index contributed by atoms with van der Waals surface area (Å²) >= 11 is 3.12. The topological polar surface area (TPSA) is 95.5 Å². The highest BCUT2D eigenvalue weighted by atomic mass is 79.9. The molecule has 0 aliphatic heterocycles. The SMILES string of the molecule is O=C(O)CNC(=O)CCNC(=O)c1cc(F)ccc1Br.